The van der Waals surface area contributed by atoms with Gasteiger partial charge in [0.1, 0.15) is 11.2 Å². The SMILES string of the molecule is Cc1oc2cc3oc4ccccc4c3cc2[n+]1CCCC(=O)O. The van der Waals surface area contributed by atoms with E-state index in [1.807, 2.05) is 41.8 Å². The van der Waals surface area contributed by atoms with Gasteiger partial charge in [-0.25, -0.2) is 0 Å². The topological polar surface area (TPSA) is 67.5 Å². The Hall–Kier alpha value is -2.82. The summed E-state index contributed by atoms with van der Waals surface area (Å²) in [6, 6.07) is 11.9. The number of hydrogen-bond acceptors (Lipinski definition) is 3. The first-order chi connectivity index (χ1) is 11.1. The number of aryl methyl sites for hydroxylation is 2. The van der Waals surface area contributed by atoms with Crippen molar-refractivity contribution < 1.29 is 23.3 Å². The lowest BCUT2D eigenvalue weighted by Crippen LogP contribution is -2.35. The number of carboxylic acids is 1. The van der Waals surface area contributed by atoms with E-state index in [1.54, 1.807) is 0 Å². The number of furan rings is 1. The van der Waals surface area contributed by atoms with E-state index in [0.717, 1.165) is 38.9 Å². The summed E-state index contributed by atoms with van der Waals surface area (Å²) < 4.78 is 13.7. The lowest BCUT2D eigenvalue weighted by molar-refractivity contribution is -0.682. The van der Waals surface area contributed by atoms with Gasteiger partial charge in [0.05, 0.1) is 13.3 Å². The van der Waals surface area contributed by atoms with E-state index in [1.165, 1.54) is 0 Å². The first kappa shape index (κ1) is 13.8. The van der Waals surface area contributed by atoms with Crippen molar-refractivity contribution in [3.63, 3.8) is 0 Å². The molecule has 2 heterocycles. The number of hydrogen-bond donors (Lipinski definition) is 1. The number of fused-ring (bicyclic) bond motifs is 4. The van der Waals surface area contributed by atoms with E-state index in [9.17, 15) is 4.79 Å². The molecule has 0 saturated carbocycles. The summed E-state index contributed by atoms with van der Waals surface area (Å²) in [6.07, 6.45) is 0.718. The van der Waals surface area contributed by atoms with E-state index >= 15 is 0 Å². The summed E-state index contributed by atoms with van der Waals surface area (Å²) in [5.74, 6) is -0.0124. The number of rotatable bonds is 4. The molecule has 5 heteroatoms. The number of oxazole rings is 1. The van der Waals surface area contributed by atoms with Gasteiger partial charge >= 0.3 is 11.9 Å². The van der Waals surface area contributed by atoms with E-state index in [-0.39, 0.29) is 6.42 Å². The molecule has 0 aliphatic heterocycles. The third-order valence-electron chi connectivity index (χ3n) is 4.16. The summed E-state index contributed by atoms with van der Waals surface area (Å²) in [5.41, 5.74) is 3.37. The van der Waals surface area contributed by atoms with Crippen molar-refractivity contribution in [2.75, 3.05) is 0 Å². The predicted molar refractivity (Wildman–Crippen MR) is 85.3 cm³/mol. The molecular formula is C18H16NO4+. The van der Waals surface area contributed by atoms with Gasteiger partial charge in [-0.1, -0.05) is 18.2 Å². The number of carbonyl (C=O) groups is 1. The number of benzene rings is 2. The Labute approximate surface area is 131 Å². The number of para-hydroxylation sites is 1. The van der Waals surface area contributed by atoms with Gasteiger partial charge in [0.2, 0.25) is 5.58 Å². The van der Waals surface area contributed by atoms with Gasteiger partial charge in [-0.05, 0) is 6.07 Å². The Balaban J connectivity index is 1.88. The average molecular weight is 310 g/mol. The highest BCUT2D eigenvalue weighted by atomic mass is 16.4. The number of aromatic nitrogens is 1. The summed E-state index contributed by atoms with van der Waals surface area (Å²) >= 11 is 0. The molecule has 23 heavy (non-hydrogen) atoms. The van der Waals surface area contributed by atoms with Crippen molar-refractivity contribution in [2.45, 2.75) is 26.3 Å². The van der Waals surface area contributed by atoms with Crippen molar-refractivity contribution in [3.05, 3.63) is 42.3 Å². The highest BCUT2D eigenvalue weighted by Crippen LogP contribution is 2.31. The maximum absolute atomic E-state index is 10.7. The second-order valence-corrected chi connectivity index (χ2v) is 5.68. The molecule has 4 aromatic rings. The highest BCUT2D eigenvalue weighted by Gasteiger charge is 2.21. The number of nitrogens with zero attached hydrogens (tertiary/aromatic N) is 1. The Bertz CT molecular complexity index is 1040. The van der Waals surface area contributed by atoms with E-state index in [2.05, 4.69) is 6.07 Å². The van der Waals surface area contributed by atoms with Gasteiger partial charge in [-0.2, -0.15) is 4.57 Å². The molecule has 0 unspecified atom stereocenters. The van der Waals surface area contributed by atoms with Crippen LogP contribution in [0.2, 0.25) is 0 Å². The molecule has 0 saturated heterocycles. The second-order valence-electron chi connectivity index (χ2n) is 5.68. The lowest BCUT2D eigenvalue weighted by atomic mass is 10.1. The average Bonchev–Trinajstić information content (AvgIpc) is 3.02. The van der Waals surface area contributed by atoms with Crippen LogP contribution in [0.5, 0.6) is 0 Å². The molecule has 0 amide bonds. The smallest absolute Gasteiger partial charge is 0.344 e. The molecule has 2 aromatic heterocycles. The zero-order valence-electron chi connectivity index (χ0n) is 12.7. The van der Waals surface area contributed by atoms with E-state index in [4.69, 9.17) is 13.9 Å². The summed E-state index contributed by atoms with van der Waals surface area (Å²) in [6.45, 7) is 2.51. The molecule has 1 N–H and O–H groups in total. The van der Waals surface area contributed by atoms with Crippen LogP contribution in [0.3, 0.4) is 0 Å². The van der Waals surface area contributed by atoms with Crippen LogP contribution in [0.25, 0.3) is 33.0 Å². The first-order valence-corrected chi connectivity index (χ1v) is 7.59. The first-order valence-electron chi connectivity index (χ1n) is 7.59. The Morgan fingerprint density at radius 3 is 2.74 bits per heavy atom. The minimum Gasteiger partial charge on any atom is -0.481 e. The molecule has 0 radical (unpaired) electrons. The van der Waals surface area contributed by atoms with Gasteiger partial charge < -0.3 is 13.9 Å². The normalized spacial score (nSPS) is 11.7. The zero-order valence-corrected chi connectivity index (χ0v) is 12.7. The maximum Gasteiger partial charge on any atom is 0.344 e. The van der Waals surface area contributed by atoms with Crippen molar-refractivity contribution in [1.29, 1.82) is 0 Å². The predicted octanol–water partition coefficient (Wildman–Crippen LogP) is 3.79. The van der Waals surface area contributed by atoms with Crippen LogP contribution in [-0.2, 0) is 11.3 Å². The molecule has 0 fully saturated rings. The van der Waals surface area contributed by atoms with Crippen LogP contribution in [0.4, 0.5) is 0 Å². The minimum atomic E-state index is -0.778. The Morgan fingerprint density at radius 1 is 1.09 bits per heavy atom. The van der Waals surface area contributed by atoms with Gasteiger partial charge in [-0.3, -0.25) is 4.79 Å². The molecule has 0 aliphatic rings. The van der Waals surface area contributed by atoms with Crippen LogP contribution in [0.1, 0.15) is 18.7 Å². The van der Waals surface area contributed by atoms with Gasteiger partial charge in [-0.15, -0.1) is 0 Å². The van der Waals surface area contributed by atoms with Crippen LogP contribution in [-0.4, -0.2) is 11.1 Å². The number of carboxylic acid groups (broad SMARTS) is 1. The lowest BCUT2D eigenvalue weighted by Gasteiger charge is -1.94. The monoisotopic (exact) mass is 310 g/mol. The Kier molecular flexibility index (Phi) is 3.08. The second kappa shape index (κ2) is 5.12. The van der Waals surface area contributed by atoms with Crippen molar-refractivity contribution in [1.82, 2.24) is 0 Å². The maximum atomic E-state index is 10.7. The minimum absolute atomic E-state index is 0.149. The quantitative estimate of drug-likeness (QED) is 0.582. The zero-order chi connectivity index (χ0) is 16.0. The highest BCUT2D eigenvalue weighted by molar-refractivity contribution is 6.08. The largest absolute Gasteiger partial charge is 0.481 e. The van der Waals surface area contributed by atoms with Crippen LogP contribution in [0, 0.1) is 6.92 Å². The molecule has 5 nitrogen and oxygen atoms in total. The Morgan fingerprint density at radius 2 is 1.91 bits per heavy atom. The summed E-state index contributed by atoms with van der Waals surface area (Å²) in [5, 5.41) is 10.9. The molecule has 0 spiro atoms. The van der Waals surface area contributed by atoms with Gasteiger partial charge in [0.25, 0.3) is 5.52 Å². The third kappa shape index (κ3) is 2.25. The van der Waals surface area contributed by atoms with Gasteiger partial charge in [0.15, 0.2) is 6.54 Å². The van der Waals surface area contributed by atoms with Crippen LogP contribution < -0.4 is 4.57 Å². The summed E-state index contributed by atoms with van der Waals surface area (Å²) in [7, 11) is 0. The fraction of sp³-hybridized carbons (Fsp3) is 0.222. The molecule has 0 atom stereocenters. The molecule has 4 rings (SSSR count). The fourth-order valence-electron chi connectivity index (χ4n) is 3.08. The molecule has 0 bridgehead atoms. The van der Waals surface area contributed by atoms with Crippen molar-refractivity contribution in [2.24, 2.45) is 0 Å². The van der Waals surface area contributed by atoms with E-state index < -0.39 is 5.97 Å². The molecule has 2 aromatic carbocycles. The van der Waals surface area contributed by atoms with Gasteiger partial charge in [0, 0.05) is 29.3 Å². The van der Waals surface area contributed by atoms with Crippen molar-refractivity contribution >= 4 is 39.0 Å². The fourth-order valence-corrected chi connectivity index (χ4v) is 3.08. The third-order valence-corrected chi connectivity index (χ3v) is 4.16. The number of aliphatic carboxylic acids is 1. The molecule has 116 valence electrons. The van der Waals surface area contributed by atoms with Crippen LogP contribution in [0.15, 0.2) is 45.2 Å². The summed E-state index contributed by atoms with van der Waals surface area (Å²) in [4.78, 5) is 10.7. The molecule has 0 aliphatic carbocycles. The van der Waals surface area contributed by atoms with Crippen LogP contribution >= 0.6 is 0 Å². The van der Waals surface area contributed by atoms with Crippen molar-refractivity contribution in [3.8, 4) is 0 Å². The molecular weight excluding hydrogens is 294 g/mol. The van der Waals surface area contributed by atoms with E-state index in [0.29, 0.717) is 13.0 Å². The standard InChI is InChI=1S/C18H15NO4/c1-11-19(8-4-7-18(20)21)14-9-13-12-5-2-3-6-15(12)23-16(13)10-17(14)22-11/h2-3,5-6,9-10H,4,7-8H2,1H3/p+1.